The summed E-state index contributed by atoms with van der Waals surface area (Å²) in [5.74, 6) is 0. The first kappa shape index (κ1) is 14.0. The Morgan fingerprint density at radius 3 is 2.85 bits per heavy atom. The van der Waals surface area contributed by atoms with E-state index < -0.39 is 4.92 Å². The highest BCUT2D eigenvalue weighted by Gasteiger charge is 2.14. The Morgan fingerprint density at radius 2 is 2.30 bits per heavy atom. The average Bonchev–Trinajstić information content (AvgIpc) is 2.78. The highest BCUT2D eigenvalue weighted by Crippen LogP contribution is 2.28. The summed E-state index contributed by atoms with van der Waals surface area (Å²) in [6, 6.07) is 6.18. The van der Waals surface area contributed by atoms with E-state index in [0.717, 1.165) is 22.1 Å². The molecule has 0 unspecified atom stereocenters. The number of aryl methyl sites for hydroxylation is 2. The van der Waals surface area contributed by atoms with Crippen molar-refractivity contribution in [2.24, 2.45) is 0 Å². The number of nitrogens with zero attached hydrogens (tertiary/aromatic N) is 3. The zero-order valence-corrected chi connectivity index (χ0v) is 11.8. The Labute approximate surface area is 119 Å². The van der Waals surface area contributed by atoms with E-state index >= 15 is 0 Å². The molecule has 0 aliphatic carbocycles. The van der Waals surface area contributed by atoms with Gasteiger partial charge in [-0.2, -0.15) is 5.26 Å². The molecule has 0 fully saturated rings. The molecule has 0 saturated heterocycles. The van der Waals surface area contributed by atoms with Crippen LogP contribution in [0.25, 0.3) is 0 Å². The van der Waals surface area contributed by atoms with Gasteiger partial charge in [0, 0.05) is 16.6 Å². The lowest BCUT2D eigenvalue weighted by atomic mass is 10.2. The number of benzene rings is 1. The van der Waals surface area contributed by atoms with Crippen LogP contribution in [0.15, 0.2) is 18.2 Å². The van der Waals surface area contributed by atoms with E-state index in [2.05, 4.69) is 10.3 Å². The highest BCUT2D eigenvalue weighted by atomic mass is 32.1. The summed E-state index contributed by atoms with van der Waals surface area (Å²) in [5.41, 5.74) is 1.48. The lowest BCUT2D eigenvalue weighted by Crippen LogP contribution is -1.95. The van der Waals surface area contributed by atoms with E-state index in [4.69, 9.17) is 5.26 Å². The summed E-state index contributed by atoms with van der Waals surface area (Å²) in [7, 11) is 0. The first-order valence-electron chi connectivity index (χ1n) is 5.97. The molecule has 0 aliphatic heterocycles. The molecule has 1 heterocycles. The molecule has 1 N–H and O–H groups in total. The van der Waals surface area contributed by atoms with Crippen LogP contribution in [0.1, 0.15) is 23.1 Å². The van der Waals surface area contributed by atoms with Gasteiger partial charge in [-0.15, -0.1) is 11.3 Å². The largest absolute Gasteiger partial charge is 0.331 e. The molecule has 0 atom stereocenters. The minimum atomic E-state index is -0.564. The molecule has 1 aromatic carbocycles. The van der Waals surface area contributed by atoms with Crippen LogP contribution in [0.5, 0.6) is 0 Å². The van der Waals surface area contributed by atoms with Crippen LogP contribution in [0.4, 0.5) is 16.5 Å². The molecular weight excluding hydrogens is 276 g/mol. The fraction of sp³-hybridized carbons (Fsp3) is 0.231. The molecule has 102 valence electrons. The Bertz CT molecular complexity index is 703. The van der Waals surface area contributed by atoms with E-state index in [0.29, 0.717) is 5.69 Å². The molecule has 7 heteroatoms. The predicted molar refractivity (Wildman–Crippen MR) is 77.3 cm³/mol. The normalized spacial score (nSPS) is 10.1. The molecule has 20 heavy (non-hydrogen) atoms. The van der Waals surface area contributed by atoms with Crippen LogP contribution in [-0.2, 0) is 6.42 Å². The first-order chi connectivity index (χ1) is 9.55. The fourth-order valence-electron chi connectivity index (χ4n) is 1.80. The minimum Gasteiger partial charge on any atom is -0.331 e. The molecule has 2 aromatic rings. The van der Waals surface area contributed by atoms with Crippen molar-refractivity contribution in [2.75, 3.05) is 5.32 Å². The fourth-order valence-corrected chi connectivity index (χ4v) is 2.72. The second kappa shape index (κ2) is 5.67. The van der Waals surface area contributed by atoms with Gasteiger partial charge in [-0.3, -0.25) is 10.1 Å². The van der Waals surface area contributed by atoms with Crippen LogP contribution in [0.2, 0.25) is 0 Å². The molecule has 0 spiro atoms. The van der Waals surface area contributed by atoms with Crippen molar-refractivity contribution in [3.63, 3.8) is 0 Å². The molecule has 1 aromatic heterocycles. The van der Waals surface area contributed by atoms with Crippen LogP contribution in [-0.4, -0.2) is 9.91 Å². The molecule has 0 aliphatic rings. The number of thiazole rings is 1. The number of hydrogen-bond acceptors (Lipinski definition) is 6. The molecule has 0 amide bonds. The summed E-state index contributed by atoms with van der Waals surface area (Å²) in [5, 5.41) is 23.5. The molecule has 0 saturated carbocycles. The third-order valence-corrected chi connectivity index (χ3v) is 3.72. The average molecular weight is 288 g/mol. The maximum Gasteiger partial charge on any atom is 0.287 e. The van der Waals surface area contributed by atoms with Crippen LogP contribution in [0, 0.1) is 28.4 Å². The van der Waals surface area contributed by atoms with E-state index in [1.807, 2.05) is 19.9 Å². The third kappa shape index (κ3) is 2.75. The van der Waals surface area contributed by atoms with E-state index in [-0.39, 0.29) is 11.3 Å². The third-order valence-electron chi connectivity index (χ3n) is 2.79. The van der Waals surface area contributed by atoms with Gasteiger partial charge in [0.05, 0.1) is 10.6 Å². The van der Waals surface area contributed by atoms with Crippen molar-refractivity contribution in [3.8, 4) is 6.07 Å². The lowest BCUT2D eigenvalue weighted by Gasteiger charge is -2.03. The lowest BCUT2D eigenvalue weighted by molar-refractivity contribution is -0.385. The Hall–Kier alpha value is -2.46. The number of hydrogen-bond donors (Lipinski definition) is 1. The Kier molecular flexibility index (Phi) is 3.96. The zero-order chi connectivity index (χ0) is 14.7. The number of anilines is 2. The van der Waals surface area contributed by atoms with Gasteiger partial charge in [-0.25, -0.2) is 4.98 Å². The maximum absolute atomic E-state index is 10.8. The van der Waals surface area contributed by atoms with Crippen molar-refractivity contribution in [1.82, 2.24) is 4.98 Å². The number of nitriles is 1. The quantitative estimate of drug-likeness (QED) is 0.686. The monoisotopic (exact) mass is 288 g/mol. The van der Waals surface area contributed by atoms with Gasteiger partial charge in [0.2, 0.25) is 0 Å². The summed E-state index contributed by atoms with van der Waals surface area (Å²) in [6.07, 6.45) is 0.855. The maximum atomic E-state index is 10.8. The van der Waals surface area contributed by atoms with Gasteiger partial charge in [0.15, 0.2) is 5.13 Å². The van der Waals surface area contributed by atoms with Crippen molar-refractivity contribution < 1.29 is 4.92 Å². The van der Waals surface area contributed by atoms with Crippen LogP contribution in [0.3, 0.4) is 0 Å². The van der Waals surface area contributed by atoms with Crippen molar-refractivity contribution in [3.05, 3.63) is 44.4 Å². The van der Waals surface area contributed by atoms with Gasteiger partial charge in [-0.1, -0.05) is 6.92 Å². The molecule has 2 rings (SSSR count). The molecule has 0 radical (unpaired) electrons. The minimum absolute atomic E-state index is 0.0315. The highest BCUT2D eigenvalue weighted by molar-refractivity contribution is 7.15. The van der Waals surface area contributed by atoms with Crippen molar-refractivity contribution >= 4 is 27.8 Å². The molecule has 0 bridgehead atoms. The van der Waals surface area contributed by atoms with Gasteiger partial charge >= 0.3 is 0 Å². The van der Waals surface area contributed by atoms with E-state index in [1.54, 1.807) is 6.07 Å². The van der Waals surface area contributed by atoms with Crippen LogP contribution < -0.4 is 5.32 Å². The van der Waals surface area contributed by atoms with Gasteiger partial charge < -0.3 is 5.32 Å². The van der Waals surface area contributed by atoms with Crippen LogP contribution >= 0.6 is 11.3 Å². The smallest absolute Gasteiger partial charge is 0.287 e. The number of nitrogens with one attached hydrogen (secondary N) is 1. The number of nitro benzene ring substituents is 1. The summed E-state index contributed by atoms with van der Waals surface area (Å²) < 4.78 is 0. The standard InChI is InChI=1S/C13H12N4O2S/c1-3-11-8(2)20-13(16-11)15-10-4-5-12(17(18)19)9(6-10)7-14/h4-6H,3H2,1-2H3,(H,15,16). The van der Waals surface area contributed by atoms with Gasteiger partial charge in [-0.05, 0) is 25.5 Å². The predicted octanol–water partition coefficient (Wildman–Crippen LogP) is 3.54. The zero-order valence-electron chi connectivity index (χ0n) is 11.0. The second-order valence-corrected chi connectivity index (χ2v) is 5.30. The van der Waals surface area contributed by atoms with Gasteiger partial charge in [0.25, 0.3) is 5.69 Å². The molecular formula is C13H12N4O2S. The summed E-state index contributed by atoms with van der Waals surface area (Å²) >= 11 is 1.52. The SMILES string of the molecule is CCc1nc(Nc2ccc([N+](=O)[O-])c(C#N)c2)sc1C. The topological polar surface area (TPSA) is 91.8 Å². The van der Waals surface area contributed by atoms with Crippen molar-refractivity contribution in [1.29, 1.82) is 5.26 Å². The molecule has 6 nitrogen and oxygen atoms in total. The summed E-state index contributed by atoms with van der Waals surface area (Å²) in [6.45, 7) is 4.03. The number of rotatable bonds is 4. The first-order valence-corrected chi connectivity index (χ1v) is 6.78. The van der Waals surface area contributed by atoms with Gasteiger partial charge in [0.1, 0.15) is 11.6 Å². The van der Waals surface area contributed by atoms with E-state index in [9.17, 15) is 10.1 Å². The summed E-state index contributed by atoms with van der Waals surface area (Å²) in [4.78, 5) is 15.8. The number of nitro groups is 1. The Morgan fingerprint density at radius 1 is 1.55 bits per heavy atom. The van der Waals surface area contributed by atoms with E-state index in [1.165, 1.54) is 23.5 Å². The Balaban J connectivity index is 2.30. The van der Waals surface area contributed by atoms with Crippen molar-refractivity contribution in [2.45, 2.75) is 20.3 Å². The second-order valence-electron chi connectivity index (χ2n) is 4.10. The number of aromatic nitrogens is 1.